The van der Waals surface area contributed by atoms with Crippen LogP contribution in [0.15, 0.2) is 24.4 Å². The van der Waals surface area contributed by atoms with Crippen LogP contribution in [0.3, 0.4) is 0 Å². The van der Waals surface area contributed by atoms with Gasteiger partial charge >= 0.3 is 0 Å². The molecule has 1 atom stereocenters. The summed E-state index contributed by atoms with van der Waals surface area (Å²) in [7, 11) is 1.84. The predicted molar refractivity (Wildman–Crippen MR) is 87.4 cm³/mol. The second-order valence-corrected chi connectivity index (χ2v) is 6.09. The Balaban J connectivity index is 1.89. The van der Waals surface area contributed by atoms with Crippen molar-refractivity contribution in [3.63, 3.8) is 0 Å². The average molecular weight is 298 g/mol. The van der Waals surface area contributed by atoms with Gasteiger partial charge in [0, 0.05) is 13.6 Å². The van der Waals surface area contributed by atoms with E-state index in [9.17, 15) is 4.79 Å². The number of rotatable bonds is 3. The fourth-order valence-corrected chi connectivity index (χ4v) is 2.89. The van der Waals surface area contributed by atoms with E-state index >= 15 is 0 Å². The zero-order valence-electron chi connectivity index (χ0n) is 13.6. The Bertz CT molecular complexity index is 719. The van der Waals surface area contributed by atoms with E-state index in [-0.39, 0.29) is 11.9 Å². The maximum Gasteiger partial charge on any atom is 0.244 e. The highest BCUT2D eigenvalue weighted by molar-refractivity contribution is 5.86. The van der Waals surface area contributed by atoms with Crippen molar-refractivity contribution in [2.24, 2.45) is 0 Å². The second-order valence-electron chi connectivity index (χ2n) is 6.09. The van der Waals surface area contributed by atoms with E-state index in [4.69, 9.17) is 0 Å². The summed E-state index contributed by atoms with van der Waals surface area (Å²) in [5.41, 5.74) is 5.42. The normalized spacial score (nSPS) is 18.1. The highest BCUT2D eigenvalue weighted by atomic mass is 16.2. The molecule has 0 radical (unpaired) electrons. The molecule has 116 valence electrons. The minimum absolute atomic E-state index is 0.139. The molecule has 5 nitrogen and oxygen atoms in total. The Morgan fingerprint density at radius 1 is 1.27 bits per heavy atom. The molecule has 1 fully saturated rings. The molecule has 1 saturated heterocycles. The standard InChI is InChI=1S/C17H22N4O/c1-11-5-6-12(2)16(9-11)21-13(3)15(10-18-21)19-14-7-8-20(4)17(14)22/h5-6,9-10,14,19H,7-8H2,1-4H3/t14-/m0/s1. The van der Waals surface area contributed by atoms with Crippen LogP contribution in [0.25, 0.3) is 5.69 Å². The van der Waals surface area contributed by atoms with E-state index < -0.39 is 0 Å². The van der Waals surface area contributed by atoms with Crippen molar-refractivity contribution in [3.8, 4) is 5.69 Å². The fraction of sp³-hybridized carbons (Fsp3) is 0.412. The van der Waals surface area contributed by atoms with Crippen LogP contribution < -0.4 is 5.32 Å². The Morgan fingerprint density at radius 2 is 2.05 bits per heavy atom. The molecule has 1 aliphatic heterocycles. The number of aryl methyl sites for hydroxylation is 2. The number of carbonyl (C=O) groups excluding carboxylic acids is 1. The summed E-state index contributed by atoms with van der Waals surface area (Å²) in [5.74, 6) is 0.152. The summed E-state index contributed by atoms with van der Waals surface area (Å²) in [6, 6.07) is 6.20. The van der Waals surface area contributed by atoms with Gasteiger partial charge < -0.3 is 10.2 Å². The monoisotopic (exact) mass is 298 g/mol. The molecule has 5 heteroatoms. The Labute approximate surface area is 130 Å². The Morgan fingerprint density at radius 3 is 2.73 bits per heavy atom. The van der Waals surface area contributed by atoms with Crippen LogP contribution >= 0.6 is 0 Å². The number of nitrogens with zero attached hydrogens (tertiary/aromatic N) is 3. The van der Waals surface area contributed by atoms with E-state index in [0.29, 0.717) is 0 Å². The smallest absolute Gasteiger partial charge is 0.244 e. The molecule has 2 aromatic rings. The maximum absolute atomic E-state index is 12.0. The van der Waals surface area contributed by atoms with Gasteiger partial charge in [0.1, 0.15) is 6.04 Å². The average Bonchev–Trinajstić information content (AvgIpc) is 3.00. The van der Waals surface area contributed by atoms with Crippen molar-refractivity contribution in [2.75, 3.05) is 18.9 Å². The number of carbonyl (C=O) groups is 1. The van der Waals surface area contributed by atoms with Gasteiger partial charge in [-0.05, 0) is 44.4 Å². The number of likely N-dealkylation sites (N-methyl/N-ethyl adjacent to an activating group) is 1. The first-order valence-corrected chi connectivity index (χ1v) is 7.61. The summed E-state index contributed by atoms with van der Waals surface area (Å²) in [6.07, 6.45) is 2.64. The van der Waals surface area contributed by atoms with Crippen molar-refractivity contribution in [3.05, 3.63) is 41.2 Å². The molecular weight excluding hydrogens is 276 g/mol. The van der Waals surface area contributed by atoms with Gasteiger partial charge in [0.25, 0.3) is 0 Å². The number of nitrogens with one attached hydrogen (secondary N) is 1. The van der Waals surface area contributed by atoms with E-state index in [1.54, 1.807) is 4.90 Å². The number of likely N-dealkylation sites (tertiary alicyclic amines) is 1. The van der Waals surface area contributed by atoms with Gasteiger partial charge in [-0.1, -0.05) is 12.1 Å². The fourth-order valence-electron chi connectivity index (χ4n) is 2.89. The minimum Gasteiger partial charge on any atom is -0.371 e. The molecule has 0 aliphatic carbocycles. The van der Waals surface area contributed by atoms with Gasteiger partial charge in [0.05, 0.1) is 23.3 Å². The largest absolute Gasteiger partial charge is 0.371 e. The molecule has 1 aromatic carbocycles. The lowest BCUT2D eigenvalue weighted by atomic mass is 10.1. The molecule has 0 bridgehead atoms. The van der Waals surface area contributed by atoms with Crippen molar-refractivity contribution in [1.82, 2.24) is 14.7 Å². The molecule has 0 spiro atoms. The quantitative estimate of drug-likeness (QED) is 0.947. The third-order valence-corrected chi connectivity index (χ3v) is 4.36. The van der Waals surface area contributed by atoms with E-state index in [1.807, 2.05) is 24.9 Å². The van der Waals surface area contributed by atoms with Gasteiger partial charge in [-0.3, -0.25) is 4.79 Å². The van der Waals surface area contributed by atoms with Gasteiger partial charge in [0.2, 0.25) is 5.91 Å². The first kappa shape index (κ1) is 14.6. The lowest BCUT2D eigenvalue weighted by molar-refractivity contribution is -0.127. The number of hydrogen-bond donors (Lipinski definition) is 1. The third kappa shape index (κ3) is 2.47. The SMILES string of the molecule is Cc1ccc(C)c(-n2ncc(N[C@H]3CCN(C)C3=O)c2C)c1. The maximum atomic E-state index is 12.0. The zero-order chi connectivity index (χ0) is 15.9. The van der Waals surface area contributed by atoms with Crippen LogP contribution in [-0.4, -0.2) is 40.2 Å². The van der Waals surface area contributed by atoms with Gasteiger partial charge in [-0.25, -0.2) is 4.68 Å². The van der Waals surface area contributed by atoms with Crippen LogP contribution in [0.2, 0.25) is 0 Å². The number of hydrogen-bond acceptors (Lipinski definition) is 3. The highest BCUT2D eigenvalue weighted by Gasteiger charge is 2.29. The molecule has 0 saturated carbocycles. The molecular formula is C17H22N4O. The number of anilines is 1. The molecule has 1 aromatic heterocycles. The minimum atomic E-state index is -0.139. The van der Waals surface area contributed by atoms with Crippen LogP contribution in [0.5, 0.6) is 0 Å². The first-order chi connectivity index (χ1) is 10.5. The number of amides is 1. The van der Waals surface area contributed by atoms with Crippen LogP contribution in [-0.2, 0) is 4.79 Å². The predicted octanol–water partition coefficient (Wildman–Crippen LogP) is 2.44. The second kappa shape index (κ2) is 5.48. The van der Waals surface area contributed by atoms with Crippen LogP contribution in [0, 0.1) is 20.8 Å². The molecule has 2 heterocycles. The van der Waals surface area contributed by atoms with Gasteiger partial charge in [-0.2, -0.15) is 5.10 Å². The lowest BCUT2D eigenvalue weighted by Gasteiger charge is -2.14. The Kier molecular flexibility index (Phi) is 3.64. The molecule has 22 heavy (non-hydrogen) atoms. The number of aromatic nitrogens is 2. The van der Waals surface area contributed by atoms with Gasteiger partial charge in [0.15, 0.2) is 0 Å². The van der Waals surface area contributed by atoms with Crippen LogP contribution in [0.1, 0.15) is 23.2 Å². The first-order valence-electron chi connectivity index (χ1n) is 7.61. The molecule has 1 amide bonds. The number of benzene rings is 1. The summed E-state index contributed by atoms with van der Waals surface area (Å²) < 4.78 is 1.94. The molecule has 0 unspecified atom stereocenters. The summed E-state index contributed by atoms with van der Waals surface area (Å²) >= 11 is 0. The van der Waals surface area contributed by atoms with E-state index in [0.717, 1.165) is 30.0 Å². The summed E-state index contributed by atoms with van der Waals surface area (Å²) in [6.45, 7) is 6.99. The van der Waals surface area contributed by atoms with Crippen LogP contribution in [0.4, 0.5) is 5.69 Å². The van der Waals surface area contributed by atoms with E-state index in [2.05, 4.69) is 42.5 Å². The third-order valence-electron chi connectivity index (χ3n) is 4.36. The van der Waals surface area contributed by atoms with Crippen molar-refractivity contribution in [2.45, 2.75) is 33.2 Å². The molecule has 1 aliphatic rings. The zero-order valence-corrected chi connectivity index (χ0v) is 13.6. The molecule has 1 N–H and O–H groups in total. The Hall–Kier alpha value is -2.30. The lowest BCUT2D eigenvalue weighted by Crippen LogP contribution is -2.31. The topological polar surface area (TPSA) is 50.2 Å². The highest BCUT2D eigenvalue weighted by Crippen LogP contribution is 2.24. The summed E-state index contributed by atoms with van der Waals surface area (Å²) in [4.78, 5) is 13.8. The van der Waals surface area contributed by atoms with E-state index in [1.165, 1.54) is 11.1 Å². The van der Waals surface area contributed by atoms with Crippen molar-refractivity contribution < 1.29 is 4.79 Å². The summed E-state index contributed by atoms with van der Waals surface area (Å²) in [5, 5.41) is 7.84. The van der Waals surface area contributed by atoms with Gasteiger partial charge in [-0.15, -0.1) is 0 Å². The van der Waals surface area contributed by atoms with Crippen molar-refractivity contribution in [1.29, 1.82) is 0 Å². The van der Waals surface area contributed by atoms with Crippen molar-refractivity contribution >= 4 is 11.6 Å². The molecule has 3 rings (SSSR count).